The summed E-state index contributed by atoms with van der Waals surface area (Å²) in [6.07, 6.45) is 0.254. The van der Waals surface area contributed by atoms with E-state index in [4.69, 9.17) is 4.52 Å². The number of carbonyl (C=O) groups excluding carboxylic acids is 1. The Bertz CT molecular complexity index is 949. The Hall–Kier alpha value is -3.09. The predicted molar refractivity (Wildman–Crippen MR) is 90.5 cm³/mol. The standard InChI is InChI=1S/C19H15F2N3O2/c1-11-2-4-16(5-3-11)24-10-13(8-17(24)25)18-22-19(26-23-18)12-6-14(20)9-15(21)7-12/h2-7,9,13H,8,10H2,1H3. The smallest absolute Gasteiger partial charge is 0.258 e. The van der Waals surface area contributed by atoms with Gasteiger partial charge in [0.15, 0.2) is 5.82 Å². The Morgan fingerprint density at radius 1 is 1.12 bits per heavy atom. The maximum atomic E-state index is 13.4. The highest BCUT2D eigenvalue weighted by Crippen LogP contribution is 2.31. The first-order chi connectivity index (χ1) is 12.5. The van der Waals surface area contributed by atoms with E-state index in [1.165, 1.54) is 0 Å². The Morgan fingerprint density at radius 3 is 2.50 bits per heavy atom. The zero-order chi connectivity index (χ0) is 18.3. The summed E-state index contributed by atoms with van der Waals surface area (Å²) in [4.78, 5) is 18.3. The zero-order valence-corrected chi connectivity index (χ0v) is 13.9. The van der Waals surface area contributed by atoms with Gasteiger partial charge in [0.1, 0.15) is 11.6 Å². The van der Waals surface area contributed by atoms with Crippen molar-refractivity contribution in [2.75, 3.05) is 11.4 Å². The lowest BCUT2D eigenvalue weighted by atomic mass is 10.1. The van der Waals surface area contributed by atoms with Gasteiger partial charge in [0.2, 0.25) is 5.91 Å². The molecule has 0 bridgehead atoms. The number of hydrogen-bond acceptors (Lipinski definition) is 4. The Labute approximate surface area is 148 Å². The average Bonchev–Trinajstić information content (AvgIpc) is 3.22. The summed E-state index contributed by atoms with van der Waals surface area (Å²) in [5.74, 6) is -1.32. The average molecular weight is 355 g/mol. The number of carbonyl (C=O) groups is 1. The number of amides is 1. The van der Waals surface area contributed by atoms with E-state index >= 15 is 0 Å². The van der Waals surface area contributed by atoms with Crippen molar-refractivity contribution in [3.63, 3.8) is 0 Å². The molecule has 3 aromatic rings. The normalized spacial score (nSPS) is 17.1. The van der Waals surface area contributed by atoms with Crippen molar-refractivity contribution in [1.82, 2.24) is 10.1 Å². The number of aryl methyl sites for hydroxylation is 1. The highest BCUT2D eigenvalue weighted by molar-refractivity contribution is 5.96. The minimum Gasteiger partial charge on any atom is -0.334 e. The second kappa shape index (κ2) is 6.33. The van der Waals surface area contributed by atoms with Crippen LogP contribution in [0.15, 0.2) is 47.0 Å². The lowest BCUT2D eigenvalue weighted by molar-refractivity contribution is -0.117. The molecular formula is C19H15F2N3O2. The Kier molecular flexibility index (Phi) is 3.99. The van der Waals surface area contributed by atoms with Crippen LogP contribution in [0.5, 0.6) is 0 Å². The molecule has 1 aliphatic rings. The van der Waals surface area contributed by atoms with Crippen molar-refractivity contribution in [3.05, 3.63) is 65.5 Å². The molecule has 7 heteroatoms. The summed E-state index contributed by atoms with van der Waals surface area (Å²) in [5, 5.41) is 3.90. The van der Waals surface area contributed by atoms with E-state index in [-0.39, 0.29) is 29.7 Å². The van der Waals surface area contributed by atoms with Gasteiger partial charge in [-0.05, 0) is 31.2 Å². The van der Waals surface area contributed by atoms with E-state index in [2.05, 4.69) is 10.1 Å². The fourth-order valence-electron chi connectivity index (χ4n) is 3.05. The molecule has 0 saturated carbocycles. The van der Waals surface area contributed by atoms with Crippen molar-refractivity contribution in [1.29, 1.82) is 0 Å². The molecule has 2 heterocycles. The topological polar surface area (TPSA) is 59.2 Å². The summed E-state index contributed by atoms with van der Waals surface area (Å²) in [6.45, 7) is 2.41. The number of halogens is 2. The summed E-state index contributed by atoms with van der Waals surface area (Å²) in [6, 6.07) is 10.7. The van der Waals surface area contributed by atoms with E-state index in [1.54, 1.807) is 4.90 Å². The lowest BCUT2D eigenvalue weighted by Crippen LogP contribution is -2.24. The highest BCUT2D eigenvalue weighted by Gasteiger charge is 2.34. The minimum atomic E-state index is -0.721. The molecule has 0 aliphatic carbocycles. The molecule has 0 N–H and O–H groups in total. The second-order valence-electron chi connectivity index (χ2n) is 6.36. The minimum absolute atomic E-state index is 0.0259. The van der Waals surface area contributed by atoms with Crippen LogP contribution in [-0.4, -0.2) is 22.6 Å². The SMILES string of the molecule is Cc1ccc(N2CC(c3noc(-c4cc(F)cc(F)c4)n3)CC2=O)cc1. The molecule has 1 amide bonds. The second-order valence-corrected chi connectivity index (χ2v) is 6.36. The van der Waals surface area contributed by atoms with Gasteiger partial charge in [0.25, 0.3) is 5.89 Å². The van der Waals surface area contributed by atoms with Gasteiger partial charge in [0.05, 0.1) is 0 Å². The van der Waals surface area contributed by atoms with Gasteiger partial charge in [-0.25, -0.2) is 8.78 Å². The van der Waals surface area contributed by atoms with Crippen molar-refractivity contribution in [2.45, 2.75) is 19.3 Å². The highest BCUT2D eigenvalue weighted by atomic mass is 19.1. The third-order valence-corrected chi connectivity index (χ3v) is 4.39. The van der Waals surface area contributed by atoms with Crippen LogP contribution in [0.1, 0.15) is 23.7 Å². The van der Waals surface area contributed by atoms with Crippen LogP contribution in [-0.2, 0) is 4.79 Å². The molecule has 1 fully saturated rings. The lowest BCUT2D eigenvalue weighted by Gasteiger charge is -2.16. The quantitative estimate of drug-likeness (QED) is 0.716. The number of rotatable bonds is 3. The summed E-state index contributed by atoms with van der Waals surface area (Å²) >= 11 is 0. The maximum absolute atomic E-state index is 13.4. The predicted octanol–water partition coefficient (Wildman–Crippen LogP) is 3.84. The zero-order valence-electron chi connectivity index (χ0n) is 13.9. The third kappa shape index (κ3) is 3.08. The largest absolute Gasteiger partial charge is 0.334 e. The maximum Gasteiger partial charge on any atom is 0.258 e. The van der Waals surface area contributed by atoms with Gasteiger partial charge < -0.3 is 9.42 Å². The Balaban J connectivity index is 1.56. The van der Waals surface area contributed by atoms with Gasteiger partial charge >= 0.3 is 0 Å². The number of anilines is 1. The van der Waals surface area contributed by atoms with Gasteiger partial charge in [-0.15, -0.1) is 0 Å². The van der Waals surface area contributed by atoms with Crippen LogP contribution in [0.3, 0.4) is 0 Å². The van der Waals surface area contributed by atoms with Crippen molar-refractivity contribution in [2.24, 2.45) is 0 Å². The van der Waals surface area contributed by atoms with Crippen LogP contribution >= 0.6 is 0 Å². The summed E-state index contributed by atoms with van der Waals surface area (Å²) in [7, 11) is 0. The first kappa shape index (κ1) is 16.4. The third-order valence-electron chi connectivity index (χ3n) is 4.39. The first-order valence-electron chi connectivity index (χ1n) is 8.17. The molecule has 1 unspecified atom stereocenters. The van der Waals surface area contributed by atoms with E-state index in [1.807, 2.05) is 31.2 Å². The first-order valence-corrected chi connectivity index (χ1v) is 8.17. The number of nitrogens with zero attached hydrogens (tertiary/aromatic N) is 3. The van der Waals surface area contributed by atoms with Gasteiger partial charge in [-0.3, -0.25) is 4.79 Å². The molecule has 0 radical (unpaired) electrons. The van der Waals surface area contributed by atoms with Crippen LogP contribution in [0.25, 0.3) is 11.5 Å². The van der Waals surface area contributed by atoms with E-state index in [0.29, 0.717) is 12.4 Å². The molecule has 1 atom stereocenters. The van der Waals surface area contributed by atoms with E-state index in [0.717, 1.165) is 29.4 Å². The van der Waals surface area contributed by atoms with Gasteiger partial charge in [-0.1, -0.05) is 22.9 Å². The number of aromatic nitrogens is 2. The molecule has 5 nitrogen and oxygen atoms in total. The summed E-state index contributed by atoms with van der Waals surface area (Å²) < 4.78 is 31.9. The molecule has 132 valence electrons. The summed E-state index contributed by atoms with van der Waals surface area (Å²) in [5.41, 5.74) is 2.10. The van der Waals surface area contributed by atoms with Crippen LogP contribution in [0.2, 0.25) is 0 Å². The molecular weight excluding hydrogens is 340 g/mol. The van der Waals surface area contributed by atoms with Crippen molar-refractivity contribution >= 4 is 11.6 Å². The molecule has 2 aromatic carbocycles. The molecule has 4 rings (SSSR count). The van der Waals surface area contributed by atoms with Gasteiger partial charge in [0, 0.05) is 36.2 Å². The fourth-order valence-corrected chi connectivity index (χ4v) is 3.05. The van der Waals surface area contributed by atoms with Crippen LogP contribution in [0.4, 0.5) is 14.5 Å². The van der Waals surface area contributed by atoms with Crippen molar-refractivity contribution < 1.29 is 18.1 Å². The number of benzene rings is 2. The Morgan fingerprint density at radius 2 is 1.81 bits per heavy atom. The number of hydrogen-bond donors (Lipinski definition) is 0. The van der Waals surface area contributed by atoms with Crippen LogP contribution in [0, 0.1) is 18.6 Å². The van der Waals surface area contributed by atoms with Gasteiger partial charge in [-0.2, -0.15) is 4.98 Å². The molecule has 1 aliphatic heterocycles. The van der Waals surface area contributed by atoms with E-state index in [9.17, 15) is 13.6 Å². The fraction of sp³-hybridized carbons (Fsp3) is 0.211. The van der Waals surface area contributed by atoms with Crippen molar-refractivity contribution in [3.8, 4) is 11.5 Å². The molecule has 0 spiro atoms. The van der Waals surface area contributed by atoms with E-state index < -0.39 is 11.6 Å². The monoisotopic (exact) mass is 355 g/mol. The molecule has 1 aromatic heterocycles. The molecule has 1 saturated heterocycles. The van der Waals surface area contributed by atoms with Crippen LogP contribution < -0.4 is 4.90 Å². The molecule has 26 heavy (non-hydrogen) atoms.